The molecule has 2 heterocycles. The standard InChI is InChI=1S/C25H27FN3O4P/c1-25(2)16-32-34(31,33-17-25)15-18-4-11-22(12-5-18)28-23(30)13-8-20-14-27-29(3)24(20)19-6-9-21(26)10-7-19/h4-14,31H,15-17H2,1-3H3/p+1/b13-8+. The van der Waals surface area contributed by atoms with Crippen LogP contribution in [0.25, 0.3) is 17.3 Å². The Morgan fingerprint density at radius 2 is 1.82 bits per heavy atom. The van der Waals surface area contributed by atoms with Gasteiger partial charge in [0.15, 0.2) is 6.16 Å². The van der Waals surface area contributed by atoms with Crippen molar-refractivity contribution < 1.29 is 23.1 Å². The number of nitrogens with one attached hydrogen (secondary N) is 1. The Balaban J connectivity index is 1.37. The highest BCUT2D eigenvalue weighted by Crippen LogP contribution is 2.63. The number of amides is 1. The van der Waals surface area contributed by atoms with Crippen molar-refractivity contribution in [2.24, 2.45) is 12.5 Å². The van der Waals surface area contributed by atoms with Gasteiger partial charge in [0.05, 0.1) is 11.9 Å². The van der Waals surface area contributed by atoms with Gasteiger partial charge in [-0.25, -0.2) is 4.39 Å². The molecule has 0 bridgehead atoms. The van der Waals surface area contributed by atoms with Gasteiger partial charge in [-0.15, -0.1) is 0 Å². The molecule has 1 amide bonds. The third kappa shape index (κ3) is 5.96. The number of aryl methyl sites for hydroxylation is 1. The number of rotatable bonds is 6. The van der Waals surface area contributed by atoms with Gasteiger partial charge in [-0.3, -0.25) is 9.48 Å². The van der Waals surface area contributed by atoms with Gasteiger partial charge in [0.1, 0.15) is 19.0 Å². The monoisotopic (exact) mass is 484 g/mol. The van der Waals surface area contributed by atoms with Crippen molar-refractivity contribution in [3.63, 3.8) is 0 Å². The summed E-state index contributed by atoms with van der Waals surface area (Å²) in [7, 11) is -1.12. The Bertz CT molecular complexity index is 1180. The zero-order chi connectivity index (χ0) is 24.3. The quantitative estimate of drug-likeness (QED) is 0.371. The van der Waals surface area contributed by atoms with Crippen molar-refractivity contribution >= 4 is 25.6 Å². The van der Waals surface area contributed by atoms with Crippen LogP contribution >= 0.6 is 7.94 Å². The van der Waals surface area contributed by atoms with Crippen LogP contribution in [0.3, 0.4) is 0 Å². The summed E-state index contributed by atoms with van der Waals surface area (Å²) in [6, 6.07) is 13.3. The highest BCUT2D eigenvalue weighted by molar-refractivity contribution is 7.59. The molecule has 1 aromatic heterocycles. The predicted octanol–water partition coefficient (Wildman–Crippen LogP) is 5.21. The van der Waals surface area contributed by atoms with Gasteiger partial charge in [-0.05, 0) is 48.0 Å². The summed E-state index contributed by atoms with van der Waals surface area (Å²) in [5, 5.41) is 7.07. The largest absolute Gasteiger partial charge is 0.413 e. The molecule has 1 aliphatic rings. The van der Waals surface area contributed by atoms with E-state index in [9.17, 15) is 14.1 Å². The number of anilines is 1. The molecule has 7 nitrogen and oxygen atoms in total. The molecule has 178 valence electrons. The maximum atomic E-state index is 13.3. The molecule has 0 unspecified atom stereocenters. The van der Waals surface area contributed by atoms with Crippen molar-refractivity contribution in [3.8, 4) is 11.3 Å². The van der Waals surface area contributed by atoms with Crippen LogP contribution in [0.1, 0.15) is 25.0 Å². The van der Waals surface area contributed by atoms with Crippen LogP contribution in [-0.2, 0) is 27.1 Å². The van der Waals surface area contributed by atoms with Crippen LogP contribution in [0.5, 0.6) is 0 Å². The molecular formula is C25H28FN3O4P+. The summed E-state index contributed by atoms with van der Waals surface area (Å²) >= 11 is 0. The van der Waals surface area contributed by atoms with Crippen molar-refractivity contribution in [3.05, 3.63) is 77.7 Å². The van der Waals surface area contributed by atoms with Gasteiger partial charge in [-0.2, -0.15) is 19.0 Å². The molecule has 0 spiro atoms. The number of carbonyl (C=O) groups is 1. The zero-order valence-electron chi connectivity index (χ0n) is 19.4. The number of hydrogen-bond acceptors (Lipinski definition) is 5. The van der Waals surface area contributed by atoms with Gasteiger partial charge in [-0.1, -0.05) is 26.0 Å². The first-order valence-electron chi connectivity index (χ1n) is 10.9. The second kappa shape index (κ2) is 9.76. The van der Waals surface area contributed by atoms with Crippen LogP contribution in [0.4, 0.5) is 10.1 Å². The molecule has 2 aromatic carbocycles. The first-order valence-corrected chi connectivity index (χ1v) is 12.6. The van der Waals surface area contributed by atoms with Crippen molar-refractivity contribution in [1.82, 2.24) is 9.78 Å². The third-order valence-electron chi connectivity index (χ3n) is 5.42. The minimum Gasteiger partial charge on any atom is -0.323 e. The molecule has 1 fully saturated rings. The van der Waals surface area contributed by atoms with E-state index in [4.69, 9.17) is 9.05 Å². The summed E-state index contributed by atoms with van der Waals surface area (Å²) in [5.41, 5.74) is 3.71. The fourth-order valence-electron chi connectivity index (χ4n) is 3.53. The van der Waals surface area contributed by atoms with Gasteiger partial charge >= 0.3 is 7.94 Å². The SMILES string of the molecule is Cn1ncc(/C=C/C(=O)Nc2ccc(C[P+]3(O)OCC(C)(C)CO3)cc2)c1-c1ccc(F)cc1. The van der Waals surface area contributed by atoms with Crippen LogP contribution < -0.4 is 5.32 Å². The molecule has 0 radical (unpaired) electrons. The molecular weight excluding hydrogens is 456 g/mol. The Kier molecular flexibility index (Phi) is 6.96. The maximum Gasteiger partial charge on any atom is 0.413 e. The molecule has 3 aromatic rings. The van der Waals surface area contributed by atoms with E-state index in [0.29, 0.717) is 25.1 Å². The summed E-state index contributed by atoms with van der Waals surface area (Å²) in [5.74, 6) is -0.610. The average molecular weight is 484 g/mol. The third-order valence-corrected chi connectivity index (χ3v) is 7.25. The number of nitrogens with zero attached hydrogens (tertiary/aromatic N) is 2. The fraction of sp³-hybridized carbons (Fsp3) is 0.280. The second-order valence-corrected chi connectivity index (χ2v) is 11.2. The molecule has 0 aliphatic carbocycles. The molecule has 0 saturated carbocycles. The topological polar surface area (TPSA) is 85.6 Å². The second-order valence-electron chi connectivity index (χ2n) is 9.11. The predicted molar refractivity (Wildman–Crippen MR) is 131 cm³/mol. The van der Waals surface area contributed by atoms with E-state index in [2.05, 4.69) is 10.4 Å². The van der Waals surface area contributed by atoms with Crippen LogP contribution in [0, 0.1) is 11.2 Å². The van der Waals surface area contributed by atoms with E-state index in [0.717, 1.165) is 22.4 Å². The lowest BCUT2D eigenvalue weighted by molar-refractivity contribution is -0.111. The Labute approximate surface area is 198 Å². The fourth-order valence-corrected chi connectivity index (χ4v) is 5.56. The van der Waals surface area contributed by atoms with E-state index in [-0.39, 0.29) is 17.1 Å². The van der Waals surface area contributed by atoms with E-state index in [1.807, 2.05) is 26.0 Å². The maximum absolute atomic E-state index is 13.3. The van der Waals surface area contributed by atoms with Gasteiger partial charge in [0.2, 0.25) is 5.91 Å². The molecule has 9 heteroatoms. The van der Waals surface area contributed by atoms with Crippen molar-refractivity contribution in [2.75, 3.05) is 18.5 Å². The van der Waals surface area contributed by atoms with Crippen LogP contribution in [-0.4, -0.2) is 33.8 Å². The van der Waals surface area contributed by atoms with E-state index in [1.165, 1.54) is 18.2 Å². The van der Waals surface area contributed by atoms with E-state index in [1.54, 1.807) is 48.3 Å². The summed E-state index contributed by atoms with van der Waals surface area (Å²) in [6.45, 7) is 4.97. The lowest BCUT2D eigenvalue weighted by Crippen LogP contribution is -2.31. The Hall–Kier alpha value is -2.90. The van der Waals surface area contributed by atoms with Gasteiger partial charge < -0.3 is 5.32 Å². The van der Waals surface area contributed by atoms with E-state index >= 15 is 0 Å². The molecule has 4 rings (SSSR count). The number of benzene rings is 2. The number of halogens is 1. The average Bonchev–Trinajstić information content (AvgIpc) is 3.17. The lowest BCUT2D eigenvalue weighted by atomic mass is 9.97. The number of hydrogen-bond donors (Lipinski definition) is 2. The van der Waals surface area contributed by atoms with Crippen molar-refractivity contribution in [2.45, 2.75) is 20.0 Å². The van der Waals surface area contributed by atoms with Crippen LogP contribution in [0.15, 0.2) is 60.8 Å². The molecule has 1 saturated heterocycles. The van der Waals surface area contributed by atoms with Gasteiger partial charge in [0.25, 0.3) is 0 Å². The normalized spacial score (nSPS) is 17.1. The molecule has 34 heavy (non-hydrogen) atoms. The smallest absolute Gasteiger partial charge is 0.323 e. The minimum absolute atomic E-state index is 0.108. The first kappa shape index (κ1) is 24.2. The summed E-state index contributed by atoms with van der Waals surface area (Å²) in [4.78, 5) is 23.1. The Morgan fingerprint density at radius 1 is 1.18 bits per heavy atom. The number of carbonyl (C=O) groups excluding carboxylic acids is 1. The van der Waals surface area contributed by atoms with Crippen molar-refractivity contribution in [1.29, 1.82) is 0 Å². The number of aromatic nitrogens is 2. The summed E-state index contributed by atoms with van der Waals surface area (Å²) < 4.78 is 26.2. The molecule has 0 atom stereocenters. The molecule has 2 N–H and O–H groups in total. The highest BCUT2D eigenvalue weighted by Gasteiger charge is 2.48. The highest BCUT2D eigenvalue weighted by atomic mass is 31.2. The lowest BCUT2D eigenvalue weighted by Gasteiger charge is -2.31. The minimum atomic E-state index is -2.91. The van der Waals surface area contributed by atoms with Crippen LogP contribution in [0.2, 0.25) is 0 Å². The van der Waals surface area contributed by atoms with E-state index < -0.39 is 7.94 Å². The first-order chi connectivity index (χ1) is 16.1. The Morgan fingerprint density at radius 3 is 2.47 bits per heavy atom. The molecule has 1 aliphatic heterocycles. The zero-order valence-corrected chi connectivity index (χ0v) is 20.3. The van der Waals surface area contributed by atoms with Gasteiger partial charge in [0, 0.05) is 35.4 Å². The summed E-state index contributed by atoms with van der Waals surface area (Å²) in [6.07, 6.45) is 5.05.